The number of aromatic nitrogens is 2. The van der Waals surface area contributed by atoms with Gasteiger partial charge in [-0.3, -0.25) is 9.80 Å². The summed E-state index contributed by atoms with van der Waals surface area (Å²) < 4.78 is 0. The topological polar surface area (TPSA) is 32.3 Å². The Morgan fingerprint density at radius 1 is 0.305 bits per heavy atom. The summed E-state index contributed by atoms with van der Waals surface area (Å²) in [6.45, 7) is 6.65. The van der Waals surface area contributed by atoms with Crippen LogP contribution in [0.5, 0.6) is 0 Å². The van der Waals surface area contributed by atoms with Gasteiger partial charge in [-0.05, 0) is 108 Å². The fraction of sp³-hybridized carbons (Fsp3) is 0.0545. The highest BCUT2D eigenvalue weighted by Crippen LogP contribution is 2.54. The molecule has 11 rings (SSSR count). The van der Waals surface area contributed by atoms with Gasteiger partial charge in [0, 0.05) is 55.5 Å². The number of pyridine rings is 2. The molecule has 4 heteroatoms. The summed E-state index contributed by atoms with van der Waals surface area (Å²) in [5.41, 5.74) is 8.01. The summed E-state index contributed by atoms with van der Waals surface area (Å²) in [7, 11) is 0. The van der Waals surface area contributed by atoms with Crippen molar-refractivity contribution in [3.63, 3.8) is 0 Å². The summed E-state index contributed by atoms with van der Waals surface area (Å²) in [6, 6.07) is 63.8. The summed E-state index contributed by atoms with van der Waals surface area (Å²) in [5.74, 6) is 1.70. The van der Waals surface area contributed by atoms with E-state index in [-0.39, 0.29) is 0 Å². The zero-order valence-electron chi connectivity index (χ0n) is 33.2. The van der Waals surface area contributed by atoms with E-state index in [2.05, 4.69) is 194 Å². The second-order valence-corrected chi connectivity index (χ2v) is 15.6. The molecule has 9 aromatic carbocycles. The second-order valence-electron chi connectivity index (χ2n) is 15.6. The van der Waals surface area contributed by atoms with Crippen molar-refractivity contribution in [2.45, 2.75) is 20.8 Å². The van der Waals surface area contributed by atoms with Gasteiger partial charge in [0.15, 0.2) is 0 Å². The van der Waals surface area contributed by atoms with Crippen molar-refractivity contribution >= 4 is 99.0 Å². The van der Waals surface area contributed by atoms with Gasteiger partial charge in [0.1, 0.15) is 11.6 Å². The van der Waals surface area contributed by atoms with Crippen LogP contribution in [-0.2, 0) is 0 Å². The van der Waals surface area contributed by atoms with E-state index in [9.17, 15) is 0 Å². The zero-order valence-corrected chi connectivity index (χ0v) is 33.2. The highest BCUT2D eigenvalue weighted by atomic mass is 15.2. The zero-order chi connectivity index (χ0) is 39.6. The van der Waals surface area contributed by atoms with Crippen molar-refractivity contribution in [2.24, 2.45) is 0 Å². The molecule has 280 valence electrons. The lowest BCUT2D eigenvalue weighted by atomic mass is 9.91. The largest absolute Gasteiger partial charge is 0.293 e. The van der Waals surface area contributed by atoms with Gasteiger partial charge in [-0.25, -0.2) is 9.97 Å². The van der Waals surface area contributed by atoms with Gasteiger partial charge in [-0.2, -0.15) is 0 Å². The minimum Gasteiger partial charge on any atom is -0.293 e. The third-order valence-corrected chi connectivity index (χ3v) is 12.0. The number of anilines is 6. The Morgan fingerprint density at radius 3 is 1.07 bits per heavy atom. The molecular formula is C55H40N4. The standard InChI is InChI=1S/C55H40N4/c1-35-26-27-46-47(30-35)55(59(51-25-13-15-29-57-51)53-44-22-10-6-18-40(44)34-41-19-7-11-23-45(41)53)49-32-37(3)36(2)31-48(49)54(46)58(50-24-12-14-28-56-50)52-42-20-8-4-16-38(42)33-39-17-5-9-21-43(39)52/h4-34H,1-3H3. The van der Waals surface area contributed by atoms with Crippen molar-refractivity contribution in [1.29, 1.82) is 0 Å². The van der Waals surface area contributed by atoms with E-state index in [0.29, 0.717) is 0 Å². The SMILES string of the molecule is Cc1ccc2c(N(c3ccccn3)c3c4ccccc4cc4ccccc34)c3cc(C)c(C)cc3c(N(c3ccccn3)c3c4ccccc4cc4ccccc34)c2c1. The first-order valence-corrected chi connectivity index (χ1v) is 20.2. The first kappa shape index (κ1) is 34.7. The molecule has 0 radical (unpaired) electrons. The van der Waals surface area contributed by atoms with Gasteiger partial charge in [0.05, 0.1) is 22.7 Å². The Morgan fingerprint density at radius 2 is 0.661 bits per heavy atom. The van der Waals surface area contributed by atoms with E-state index >= 15 is 0 Å². The molecule has 0 saturated heterocycles. The average molecular weight is 757 g/mol. The second kappa shape index (κ2) is 13.8. The van der Waals surface area contributed by atoms with E-state index < -0.39 is 0 Å². The van der Waals surface area contributed by atoms with E-state index in [4.69, 9.17) is 9.97 Å². The maximum absolute atomic E-state index is 5.15. The Bertz CT molecular complexity index is 3320. The van der Waals surface area contributed by atoms with Gasteiger partial charge < -0.3 is 0 Å². The quantitative estimate of drug-likeness (QED) is 0.125. The smallest absolute Gasteiger partial charge is 0.137 e. The first-order valence-electron chi connectivity index (χ1n) is 20.2. The molecule has 0 bridgehead atoms. The predicted octanol–water partition coefficient (Wildman–Crippen LogP) is 15.3. The number of hydrogen-bond donors (Lipinski definition) is 0. The van der Waals surface area contributed by atoms with Crippen LogP contribution in [0, 0.1) is 20.8 Å². The number of hydrogen-bond acceptors (Lipinski definition) is 4. The van der Waals surface area contributed by atoms with Crippen LogP contribution >= 0.6 is 0 Å². The Labute approximate surface area is 343 Å². The summed E-state index contributed by atoms with van der Waals surface area (Å²) in [5, 5.41) is 13.9. The van der Waals surface area contributed by atoms with Crippen LogP contribution in [0.15, 0.2) is 188 Å². The molecule has 0 amide bonds. The molecule has 0 N–H and O–H groups in total. The summed E-state index contributed by atoms with van der Waals surface area (Å²) in [6.07, 6.45) is 3.81. The van der Waals surface area contributed by atoms with Crippen molar-refractivity contribution < 1.29 is 0 Å². The molecule has 0 unspecified atom stereocenters. The maximum atomic E-state index is 5.15. The third kappa shape index (κ3) is 5.60. The van der Waals surface area contributed by atoms with E-state index in [1.165, 1.54) is 38.2 Å². The molecule has 0 fully saturated rings. The minimum atomic E-state index is 0.852. The molecule has 4 nitrogen and oxygen atoms in total. The van der Waals surface area contributed by atoms with Crippen molar-refractivity contribution in [2.75, 3.05) is 9.80 Å². The lowest BCUT2D eigenvalue weighted by Crippen LogP contribution is -2.17. The van der Waals surface area contributed by atoms with E-state index in [0.717, 1.165) is 77.5 Å². The van der Waals surface area contributed by atoms with Crippen LogP contribution in [-0.4, -0.2) is 9.97 Å². The summed E-state index contributed by atoms with van der Waals surface area (Å²) in [4.78, 5) is 15.2. The molecule has 11 aromatic rings. The Balaban J connectivity index is 1.37. The van der Waals surface area contributed by atoms with Gasteiger partial charge in [0.25, 0.3) is 0 Å². The van der Waals surface area contributed by atoms with Gasteiger partial charge in [-0.1, -0.05) is 127 Å². The monoisotopic (exact) mass is 756 g/mol. The molecule has 2 heterocycles. The molecule has 0 aliphatic carbocycles. The van der Waals surface area contributed by atoms with E-state index in [1.807, 2.05) is 24.5 Å². The normalized spacial score (nSPS) is 11.6. The van der Waals surface area contributed by atoms with Gasteiger partial charge in [-0.15, -0.1) is 0 Å². The fourth-order valence-electron chi connectivity index (χ4n) is 9.16. The molecule has 0 saturated carbocycles. The summed E-state index contributed by atoms with van der Waals surface area (Å²) >= 11 is 0. The Hall–Kier alpha value is -7.56. The predicted molar refractivity (Wildman–Crippen MR) is 251 cm³/mol. The number of aryl methyl sites for hydroxylation is 3. The van der Waals surface area contributed by atoms with Crippen LogP contribution < -0.4 is 9.80 Å². The molecule has 0 aliphatic rings. The van der Waals surface area contributed by atoms with Crippen LogP contribution in [0.25, 0.3) is 64.6 Å². The first-order chi connectivity index (χ1) is 29.0. The van der Waals surface area contributed by atoms with Crippen LogP contribution in [0.1, 0.15) is 16.7 Å². The number of benzene rings is 9. The number of rotatable bonds is 6. The molecule has 59 heavy (non-hydrogen) atoms. The minimum absolute atomic E-state index is 0.852. The Kier molecular flexibility index (Phi) is 8.12. The van der Waals surface area contributed by atoms with Crippen LogP contribution in [0.4, 0.5) is 34.4 Å². The molecule has 0 spiro atoms. The number of fused-ring (bicyclic) bond motifs is 6. The van der Waals surface area contributed by atoms with Crippen molar-refractivity contribution in [3.05, 3.63) is 205 Å². The molecule has 0 aliphatic heterocycles. The lowest BCUT2D eigenvalue weighted by Gasteiger charge is -2.34. The lowest BCUT2D eigenvalue weighted by molar-refractivity contribution is 1.20. The third-order valence-electron chi connectivity index (χ3n) is 12.0. The number of nitrogens with zero attached hydrogens (tertiary/aromatic N) is 4. The van der Waals surface area contributed by atoms with Gasteiger partial charge >= 0.3 is 0 Å². The highest BCUT2D eigenvalue weighted by molar-refractivity contribution is 6.27. The van der Waals surface area contributed by atoms with Crippen LogP contribution in [0.2, 0.25) is 0 Å². The fourth-order valence-corrected chi connectivity index (χ4v) is 9.16. The van der Waals surface area contributed by atoms with Crippen LogP contribution in [0.3, 0.4) is 0 Å². The highest BCUT2D eigenvalue weighted by Gasteiger charge is 2.30. The average Bonchev–Trinajstić information content (AvgIpc) is 3.28. The maximum Gasteiger partial charge on any atom is 0.137 e. The molecule has 2 aromatic heterocycles. The van der Waals surface area contributed by atoms with Crippen molar-refractivity contribution in [1.82, 2.24) is 9.97 Å². The molecule has 0 atom stereocenters. The van der Waals surface area contributed by atoms with Gasteiger partial charge in [0.2, 0.25) is 0 Å². The molecular weight excluding hydrogens is 717 g/mol. The van der Waals surface area contributed by atoms with Crippen molar-refractivity contribution in [3.8, 4) is 0 Å². The van der Waals surface area contributed by atoms with E-state index in [1.54, 1.807) is 0 Å².